The molecule has 0 aromatic carbocycles. The summed E-state index contributed by atoms with van der Waals surface area (Å²) < 4.78 is 1.83. The van der Waals surface area contributed by atoms with Crippen LogP contribution >= 0.6 is 0 Å². The van der Waals surface area contributed by atoms with Crippen molar-refractivity contribution in [3.05, 3.63) is 43.1 Å². The van der Waals surface area contributed by atoms with Crippen LogP contribution in [-0.4, -0.2) is 21.0 Å². The fourth-order valence-corrected chi connectivity index (χ4v) is 1.46. The highest BCUT2D eigenvalue weighted by molar-refractivity contribution is 5.66. The van der Waals surface area contributed by atoms with Crippen LogP contribution in [0.5, 0.6) is 0 Å². The maximum Gasteiger partial charge on any atom is 0.309 e. The van der Waals surface area contributed by atoms with Crippen molar-refractivity contribution in [1.82, 2.24) is 9.97 Å². The molecule has 17 heavy (non-hydrogen) atoms. The zero-order valence-corrected chi connectivity index (χ0v) is 9.15. The van der Waals surface area contributed by atoms with Gasteiger partial charge in [0.25, 0.3) is 0 Å². The lowest BCUT2D eigenvalue weighted by Crippen LogP contribution is -2.33. The Hall–Kier alpha value is -2.30. The van der Waals surface area contributed by atoms with Gasteiger partial charge in [-0.2, -0.15) is 0 Å². The molecule has 0 aliphatic rings. The Bertz CT molecular complexity index is 497. The minimum atomic E-state index is -0.794. The van der Waals surface area contributed by atoms with Gasteiger partial charge >= 0.3 is 5.97 Å². The first-order valence-electron chi connectivity index (χ1n) is 5.23. The van der Waals surface area contributed by atoms with Gasteiger partial charge in [-0.15, -0.1) is 0 Å². The molecule has 2 aromatic heterocycles. The van der Waals surface area contributed by atoms with Gasteiger partial charge in [0.2, 0.25) is 0 Å². The van der Waals surface area contributed by atoms with Gasteiger partial charge in [0.1, 0.15) is 12.7 Å². The summed E-state index contributed by atoms with van der Waals surface area (Å²) in [6, 6.07) is 5.64. The fraction of sp³-hybridized carbons (Fsp3) is 0.167. The zero-order valence-electron chi connectivity index (χ0n) is 9.15. The molecule has 0 spiro atoms. The molecule has 2 heterocycles. The number of aromatic nitrogens is 3. The second-order valence-electron chi connectivity index (χ2n) is 3.56. The summed E-state index contributed by atoms with van der Waals surface area (Å²) in [5.74, 6) is -0.794. The second kappa shape index (κ2) is 5.16. The molecule has 0 aliphatic heterocycles. The molecule has 1 N–H and O–H groups in total. The van der Waals surface area contributed by atoms with Crippen molar-refractivity contribution in [2.24, 2.45) is 0 Å². The topological polar surface area (TPSA) is 67.0 Å². The normalized spacial score (nSPS) is 10.1. The monoisotopic (exact) mass is 230 g/mol. The first kappa shape index (κ1) is 11.2. The second-order valence-corrected chi connectivity index (χ2v) is 3.56. The van der Waals surface area contributed by atoms with Crippen LogP contribution in [0.1, 0.15) is 6.42 Å². The highest BCUT2D eigenvalue weighted by Gasteiger charge is 2.05. The fourth-order valence-electron chi connectivity index (χ4n) is 1.46. The maximum absolute atomic E-state index is 10.4. The number of hydrogen-bond donors (Lipinski definition) is 1. The van der Waals surface area contributed by atoms with E-state index in [9.17, 15) is 4.79 Å². The van der Waals surface area contributed by atoms with E-state index in [0.717, 1.165) is 11.3 Å². The number of aliphatic carboxylic acids is 1. The molecule has 0 radical (unpaired) electrons. The summed E-state index contributed by atoms with van der Waals surface area (Å²) in [4.78, 5) is 18.4. The summed E-state index contributed by atoms with van der Waals surface area (Å²) in [5.41, 5.74) is 1.84. The van der Waals surface area contributed by atoms with Crippen molar-refractivity contribution >= 4 is 5.97 Å². The largest absolute Gasteiger partial charge is 0.481 e. The van der Waals surface area contributed by atoms with Gasteiger partial charge in [0.05, 0.1) is 5.69 Å². The van der Waals surface area contributed by atoms with E-state index in [1.165, 1.54) is 6.33 Å². The third kappa shape index (κ3) is 3.07. The maximum atomic E-state index is 10.4. The molecular weight excluding hydrogens is 218 g/mol. The predicted molar refractivity (Wildman–Crippen MR) is 59.9 cm³/mol. The van der Waals surface area contributed by atoms with Crippen LogP contribution in [0.4, 0.5) is 0 Å². The molecule has 0 bridgehead atoms. The molecule has 0 amide bonds. The van der Waals surface area contributed by atoms with E-state index in [0.29, 0.717) is 6.54 Å². The van der Waals surface area contributed by atoms with Gasteiger partial charge in [-0.3, -0.25) is 4.79 Å². The lowest BCUT2D eigenvalue weighted by atomic mass is 10.2. The van der Waals surface area contributed by atoms with Crippen LogP contribution in [0.2, 0.25) is 0 Å². The first-order chi connectivity index (χ1) is 8.25. The van der Waals surface area contributed by atoms with E-state index in [4.69, 9.17) is 5.11 Å². The van der Waals surface area contributed by atoms with Crippen LogP contribution in [0.25, 0.3) is 11.3 Å². The van der Waals surface area contributed by atoms with E-state index in [1.54, 1.807) is 6.20 Å². The van der Waals surface area contributed by atoms with Gasteiger partial charge in [-0.25, -0.2) is 14.5 Å². The smallest absolute Gasteiger partial charge is 0.309 e. The Balaban J connectivity index is 2.11. The molecule has 0 saturated carbocycles. The number of rotatable bonds is 4. The number of carboxylic acid groups (broad SMARTS) is 1. The zero-order chi connectivity index (χ0) is 12.1. The average Bonchev–Trinajstić information content (AvgIpc) is 2.38. The Morgan fingerprint density at radius 3 is 2.65 bits per heavy atom. The lowest BCUT2D eigenvalue weighted by molar-refractivity contribution is -0.695. The number of nitrogens with zero attached hydrogens (tertiary/aromatic N) is 3. The van der Waals surface area contributed by atoms with Crippen molar-refractivity contribution in [1.29, 1.82) is 0 Å². The van der Waals surface area contributed by atoms with Crippen molar-refractivity contribution in [3.63, 3.8) is 0 Å². The molecule has 0 saturated heterocycles. The predicted octanol–water partition coefficient (Wildman–Crippen LogP) is 0.906. The van der Waals surface area contributed by atoms with Crippen LogP contribution in [0.15, 0.2) is 43.1 Å². The molecule has 0 fully saturated rings. The van der Waals surface area contributed by atoms with Crippen LogP contribution < -0.4 is 4.57 Å². The van der Waals surface area contributed by atoms with Crippen molar-refractivity contribution < 1.29 is 14.5 Å². The molecule has 2 aromatic rings. The van der Waals surface area contributed by atoms with E-state index < -0.39 is 5.97 Å². The van der Waals surface area contributed by atoms with Crippen LogP contribution in [-0.2, 0) is 11.3 Å². The Kier molecular flexibility index (Phi) is 3.40. The SMILES string of the molecule is O=C(O)CC[n+]1ccc(-c2ccncn2)cc1. The summed E-state index contributed by atoms with van der Waals surface area (Å²) in [6.07, 6.45) is 7.01. The van der Waals surface area contributed by atoms with E-state index in [1.807, 2.05) is 35.2 Å². The van der Waals surface area contributed by atoms with Crippen molar-refractivity contribution in [3.8, 4) is 11.3 Å². The van der Waals surface area contributed by atoms with E-state index in [2.05, 4.69) is 9.97 Å². The highest BCUT2D eigenvalue weighted by atomic mass is 16.4. The lowest BCUT2D eigenvalue weighted by Gasteiger charge is -1.98. The molecule has 0 atom stereocenters. The number of pyridine rings is 1. The highest BCUT2D eigenvalue weighted by Crippen LogP contribution is 2.12. The minimum Gasteiger partial charge on any atom is -0.481 e. The third-order valence-electron chi connectivity index (χ3n) is 2.35. The summed E-state index contributed by atoms with van der Waals surface area (Å²) >= 11 is 0. The summed E-state index contributed by atoms with van der Waals surface area (Å²) in [7, 11) is 0. The van der Waals surface area contributed by atoms with Crippen LogP contribution in [0, 0.1) is 0 Å². The average molecular weight is 230 g/mol. The first-order valence-corrected chi connectivity index (χ1v) is 5.23. The standard InChI is InChI=1S/C12H11N3O2/c16-12(17)4-8-15-6-2-10(3-7-15)11-1-5-13-9-14-11/h1-3,5-7,9H,4,8H2/p+1. The molecule has 5 heteroatoms. The van der Waals surface area contributed by atoms with Gasteiger partial charge in [-0.05, 0) is 6.07 Å². The molecule has 0 unspecified atom stereocenters. The van der Waals surface area contributed by atoms with Gasteiger partial charge < -0.3 is 5.11 Å². The van der Waals surface area contributed by atoms with Crippen molar-refractivity contribution in [2.75, 3.05) is 0 Å². The van der Waals surface area contributed by atoms with E-state index >= 15 is 0 Å². The Morgan fingerprint density at radius 2 is 2.06 bits per heavy atom. The third-order valence-corrected chi connectivity index (χ3v) is 2.35. The van der Waals surface area contributed by atoms with Crippen molar-refractivity contribution in [2.45, 2.75) is 13.0 Å². The van der Waals surface area contributed by atoms with Gasteiger partial charge in [-0.1, -0.05) is 0 Å². The molecule has 2 rings (SSSR count). The van der Waals surface area contributed by atoms with E-state index in [-0.39, 0.29) is 6.42 Å². The number of carbonyl (C=O) groups is 1. The number of aryl methyl sites for hydroxylation is 1. The summed E-state index contributed by atoms with van der Waals surface area (Å²) in [6.45, 7) is 0.472. The van der Waals surface area contributed by atoms with Gasteiger partial charge in [0, 0.05) is 23.9 Å². The summed E-state index contributed by atoms with van der Waals surface area (Å²) in [5, 5.41) is 8.58. The molecule has 5 nitrogen and oxygen atoms in total. The minimum absolute atomic E-state index is 0.123. The quantitative estimate of drug-likeness (QED) is 0.793. The molecule has 0 aliphatic carbocycles. The molecule has 86 valence electrons. The molecular formula is C12H12N3O2+. The Morgan fingerprint density at radius 1 is 1.29 bits per heavy atom. The number of carboxylic acids is 1. The number of hydrogen-bond acceptors (Lipinski definition) is 3. The Labute approximate surface area is 98.4 Å². The van der Waals surface area contributed by atoms with Crippen LogP contribution in [0.3, 0.4) is 0 Å². The van der Waals surface area contributed by atoms with Gasteiger partial charge in [0.15, 0.2) is 18.9 Å².